The molecule has 30 heavy (non-hydrogen) atoms. The van der Waals surface area contributed by atoms with Crippen molar-refractivity contribution in [3.05, 3.63) is 53.8 Å². The third-order valence-corrected chi connectivity index (χ3v) is 7.19. The molecule has 3 aromatic rings. The molecule has 1 aromatic heterocycles. The van der Waals surface area contributed by atoms with Gasteiger partial charge in [-0.25, -0.2) is 9.37 Å². The SMILES string of the molecule is O=C(CSc1nc2ccc(NC(=O)c3ccc(F)cc3)cc2s1)NC1CCCCC1. The molecule has 156 valence electrons. The zero-order chi connectivity index (χ0) is 20.9. The summed E-state index contributed by atoms with van der Waals surface area (Å²) >= 11 is 2.93. The minimum Gasteiger partial charge on any atom is -0.353 e. The van der Waals surface area contributed by atoms with Gasteiger partial charge in [-0.2, -0.15) is 0 Å². The van der Waals surface area contributed by atoms with Crippen LogP contribution in [0.4, 0.5) is 10.1 Å². The van der Waals surface area contributed by atoms with E-state index in [1.807, 2.05) is 12.1 Å². The van der Waals surface area contributed by atoms with Gasteiger partial charge in [0.2, 0.25) is 5.91 Å². The van der Waals surface area contributed by atoms with Crippen LogP contribution in [0.25, 0.3) is 10.2 Å². The molecular weight excluding hydrogens is 421 g/mol. The van der Waals surface area contributed by atoms with Gasteiger partial charge in [0.25, 0.3) is 5.91 Å². The first-order valence-electron chi connectivity index (χ1n) is 9.96. The predicted molar refractivity (Wildman–Crippen MR) is 120 cm³/mol. The average molecular weight is 444 g/mol. The Balaban J connectivity index is 1.35. The Labute approximate surface area is 182 Å². The zero-order valence-electron chi connectivity index (χ0n) is 16.3. The minimum absolute atomic E-state index is 0.0541. The quantitative estimate of drug-likeness (QED) is 0.512. The molecule has 1 aliphatic rings. The summed E-state index contributed by atoms with van der Waals surface area (Å²) in [5.41, 5.74) is 1.86. The highest BCUT2D eigenvalue weighted by atomic mass is 32.2. The Morgan fingerprint density at radius 2 is 1.87 bits per heavy atom. The number of nitrogens with zero attached hydrogens (tertiary/aromatic N) is 1. The maximum atomic E-state index is 13.0. The van der Waals surface area contributed by atoms with Crippen LogP contribution in [-0.2, 0) is 4.79 Å². The van der Waals surface area contributed by atoms with Crippen molar-refractivity contribution in [2.75, 3.05) is 11.1 Å². The number of halogens is 1. The highest BCUT2D eigenvalue weighted by Crippen LogP contribution is 2.31. The van der Waals surface area contributed by atoms with Crippen molar-refractivity contribution in [3.63, 3.8) is 0 Å². The third kappa shape index (κ3) is 5.37. The summed E-state index contributed by atoms with van der Waals surface area (Å²) in [6.45, 7) is 0. The van der Waals surface area contributed by atoms with E-state index in [2.05, 4.69) is 15.6 Å². The maximum Gasteiger partial charge on any atom is 0.255 e. The topological polar surface area (TPSA) is 71.1 Å². The number of thioether (sulfide) groups is 1. The molecule has 5 nitrogen and oxygen atoms in total. The first kappa shape index (κ1) is 20.8. The summed E-state index contributed by atoms with van der Waals surface area (Å²) in [6, 6.07) is 11.2. The van der Waals surface area contributed by atoms with Crippen LogP contribution in [-0.4, -0.2) is 28.6 Å². The molecular formula is C22H22FN3O2S2. The molecule has 0 atom stereocenters. The molecule has 0 saturated heterocycles. The number of rotatable bonds is 6. The lowest BCUT2D eigenvalue weighted by molar-refractivity contribution is -0.119. The standard InChI is InChI=1S/C22H22FN3O2S2/c23-15-8-6-14(7-9-15)21(28)25-17-10-11-18-19(12-17)30-22(26-18)29-13-20(27)24-16-4-2-1-3-5-16/h6-12,16H,1-5,13H2,(H,24,27)(H,25,28). The first-order chi connectivity index (χ1) is 14.6. The number of hydrogen-bond donors (Lipinski definition) is 2. The van der Waals surface area contributed by atoms with Crippen molar-refractivity contribution in [2.45, 2.75) is 42.5 Å². The number of hydrogen-bond acceptors (Lipinski definition) is 5. The molecule has 2 aromatic carbocycles. The van der Waals surface area contributed by atoms with Gasteiger partial charge in [-0.05, 0) is 55.3 Å². The Hall–Kier alpha value is -2.45. The molecule has 1 saturated carbocycles. The Morgan fingerprint density at radius 3 is 2.63 bits per heavy atom. The van der Waals surface area contributed by atoms with E-state index >= 15 is 0 Å². The highest BCUT2D eigenvalue weighted by Gasteiger charge is 2.16. The molecule has 4 rings (SSSR count). The number of aromatic nitrogens is 1. The normalized spacial score (nSPS) is 14.6. The summed E-state index contributed by atoms with van der Waals surface area (Å²) in [6.07, 6.45) is 5.79. The number of anilines is 1. The van der Waals surface area contributed by atoms with Crippen molar-refractivity contribution < 1.29 is 14.0 Å². The number of carbonyl (C=O) groups is 2. The Kier molecular flexibility index (Phi) is 6.64. The third-order valence-electron chi connectivity index (χ3n) is 5.03. The molecule has 2 amide bonds. The van der Waals surface area contributed by atoms with Gasteiger partial charge in [0.15, 0.2) is 4.34 Å². The number of amides is 2. The van der Waals surface area contributed by atoms with Crippen LogP contribution in [0, 0.1) is 5.82 Å². The number of benzene rings is 2. The van der Waals surface area contributed by atoms with E-state index in [1.165, 1.54) is 66.6 Å². The number of thiazole rings is 1. The Morgan fingerprint density at radius 1 is 1.10 bits per heavy atom. The molecule has 0 bridgehead atoms. The van der Waals surface area contributed by atoms with E-state index < -0.39 is 0 Å². The Bertz CT molecular complexity index is 1050. The zero-order valence-corrected chi connectivity index (χ0v) is 18.0. The minimum atomic E-state index is -0.380. The monoisotopic (exact) mass is 443 g/mol. The first-order valence-corrected chi connectivity index (χ1v) is 11.8. The molecule has 2 N–H and O–H groups in total. The number of carbonyl (C=O) groups excluding carboxylic acids is 2. The largest absolute Gasteiger partial charge is 0.353 e. The van der Waals surface area contributed by atoms with Crippen LogP contribution in [0.1, 0.15) is 42.5 Å². The summed E-state index contributed by atoms with van der Waals surface area (Å²) in [5.74, 6) is -0.272. The number of nitrogens with one attached hydrogen (secondary N) is 2. The van der Waals surface area contributed by atoms with E-state index in [0.29, 0.717) is 23.0 Å². The van der Waals surface area contributed by atoms with E-state index in [4.69, 9.17) is 0 Å². The summed E-state index contributed by atoms with van der Waals surface area (Å²) in [5, 5.41) is 5.94. The van der Waals surface area contributed by atoms with Crippen molar-refractivity contribution in [1.29, 1.82) is 0 Å². The summed E-state index contributed by atoms with van der Waals surface area (Å²) in [4.78, 5) is 29.1. The molecule has 0 spiro atoms. The highest BCUT2D eigenvalue weighted by molar-refractivity contribution is 8.01. The molecule has 0 radical (unpaired) electrons. The fourth-order valence-corrected chi connectivity index (χ4v) is 5.41. The van der Waals surface area contributed by atoms with Gasteiger partial charge in [0.1, 0.15) is 5.82 Å². The van der Waals surface area contributed by atoms with Gasteiger partial charge in [0.05, 0.1) is 16.0 Å². The molecule has 8 heteroatoms. The van der Waals surface area contributed by atoms with Crippen LogP contribution in [0.3, 0.4) is 0 Å². The fourth-order valence-electron chi connectivity index (χ4n) is 3.49. The number of fused-ring (bicyclic) bond motifs is 1. The van der Waals surface area contributed by atoms with Crippen LogP contribution in [0.2, 0.25) is 0 Å². The van der Waals surface area contributed by atoms with Crippen LogP contribution in [0.5, 0.6) is 0 Å². The second kappa shape index (κ2) is 9.57. The van der Waals surface area contributed by atoms with Gasteiger partial charge >= 0.3 is 0 Å². The van der Waals surface area contributed by atoms with Gasteiger partial charge in [-0.15, -0.1) is 11.3 Å². The summed E-state index contributed by atoms with van der Waals surface area (Å²) < 4.78 is 14.8. The van der Waals surface area contributed by atoms with Crippen molar-refractivity contribution >= 4 is 50.8 Å². The smallest absolute Gasteiger partial charge is 0.255 e. The van der Waals surface area contributed by atoms with Gasteiger partial charge in [-0.3, -0.25) is 9.59 Å². The second-order valence-electron chi connectivity index (χ2n) is 7.31. The van der Waals surface area contributed by atoms with E-state index in [9.17, 15) is 14.0 Å². The molecule has 1 fully saturated rings. The van der Waals surface area contributed by atoms with E-state index in [1.54, 1.807) is 6.07 Å². The van der Waals surface area contributed by atoms with Crippen LogP contribution >= 0.6 is 23.1 Å². The van der Waals surface area contributed by atoms with Crippen LogP contribution in [0.15, 0.2) is 46.8 Å². The fraction of sp³-hybridized carbons (Fsp3) is 0.318. The maximum absolute atomic E-state index is 13.0. The van der Waals surface area contributed by atoms with Gasteiger partial charge in [0, 0.05) is 17.3 Å². The van der Waals surface area contributed by atoms with Gasteiger partial charge < -0.3 is 10.6 Å². The van der Waals surface area contributed by atoms with Crippen molar-refractivity contribution in [3.8, 4) is 0 Å². The predicted octanol–water partition coefficient (Wildman–Crippen LogP) is 5.23. The molecule has 0 aliphatic heterocycles. The van der Waals surface area contributed by atoms with E-state index in [-0.39, 0.29) is 17.6 Å². The van der Waals surface area contributed by atoms with Crippen molar-refractivity contribution in [1.82, 2.24) is 10.3 Å². The summed E-state index contributed by atoms with van der Waals surface area (Å²) in [7, 11) is 0. The second-order valence-corrected chi connectivity index (χ2v) is 9.57. The molecule has 0 unspecified atom stereocenters. The van der Waals surface area contributed by atoms with Crippen LogP contribution < -0.4 is 10.6 Å². The molecule has 1 aliphatic carbocycles. The van der Waals surface area contributed by atoms with Gasteiger partial charge in [-0.1, -0.05) is 31.0 Å². The lowest BCUT2D eigenvalue weighted by Crippen LogP contribution is -2.37. The molecule has 1 heterocycles. The lowest BCUT2D eigenvalue weighted by Gasteiger charge is -2.22. The average Bonchev–Trinajstić information content (AvgIpc) is 3.16. The van der Waals surface area contributed by atoms with E-state index in [0.717, 1.165) is 27.4 Å². The lowest BCUT2D eigenvalue weighted by atomic mass is 9.95. The van der Waals surface area contributed by atoms with Crippen molar-refractivity contribution in [2.24, 2.45) is 0 Å².